The second-order valence-corrected chi connectivity index (χ2v) is 3.74. The summed E-state index contributed by atoms with van der Waals surface area (Å²) in [5, 5.41) is 18.5. The first-order valence-corrected chi connectivity index (χ1v) is 5.78. The summed E-state index contributed by atoms with van der Waals surface area (Å²) < 4.78 is 10.5. The third-order valence-corrected chi connectivity index (χ3v) is 2.65. The fraction of sp³-hybridized carbons (Fsp3) is 0.364. The largest absolute Gasteiger partial charge is 0.493 e. The average molecular weight is 286 g/mol. The van der Waals surface area contributed by atoms with Gasteiger partial charge in [-0.1, -0.05) is 15.9 Å². The molecule has 0 aliphatic heterocycles. The highest BCUT2D eigenvalue weighted by Gasteiger charge is 2.08. The van der Waals surface area contributed by atoms with Crippen LogP contribution in [0, 0.1) is 11.3 Å². The summed E-state index contributed by atoms with van der Waals surface area (Å²) in [6.45, 7) is 0.174. The molecule has 0 saturated carbocycles. The van der Waals surface area contributed by atoms with Gasteiger partial charge in [0.15, 0.2) is 11.5 Å². The molecular weight excluding hydrogens is 274 g/mol. The van der Waals surface area contributed by atoms with Gasteiger partial charge in [-0.15, -0.1) is 0 Å². The molecule has 16 heavy (non-hydrogen) atoms. The molecule has 1 N–H and O–H groups in total. The Morgan fingerprint density at radius 1 is 1.50 bits per heavy atom. The third kappa shape index (κ3) is 3.40. The number of aliphatic hydroxyl groups excluding tert-OH is 1. The van der Waals surface area contributed by atoms with Crippen LogP contribution in [0.5, 0.6) is 11.5 Å². The predicted molar refractivity (Wildman–Crippen MR) is 63.0 cm³/mol. The fourth-order valence-corrected chi connectivity index (χ4v) is 1.27. The van der Waals surface area contributed by atoms with Gasteiger partial charge in [0.25, 0.3) is 0 Å². The van der Waals surface area contributed by atoms with E-state index < -0.39 is 6.10 Å². The molecule has 86 valence electrons. The molecule has 1 rings (SSSR count). The van der Waals surface area contributed by atoms with Crippen LogP contribution < -0.4 is 9.47 Å². The maximum atomic E-state index is 9.32. The Morgan fingerprint density at radius 2 is 2.25 bits per heavy atom. The van der Waals surface area contributed by atoms with E-state index in [9.17, 15) is 5.11 Å². The van der Waals surface area contributed by atoms with Gasteiger partial charge < -0.3 is 14.6 Å². The molecule has 0 radical (unpaired) electrons. The van der Waals surface area contributed by atoms with Crippen LogP contribution in [0.25, 0.3) is 0 Å². The highest BCUT2D eigenvalue weighted by molar-refractivity contribution is 9.09. The first-order valence-electron chi connectivity index (χ1n) is 4.66. The maximum Gasteiger partial charge on any atom is 0.162 e. The van der Waals surface area contributed by atoms with Crippen molar-refractivity contribution in [2.24, 2.45) is 0 Å². The lowest BCUT2D eigenvalue weighted by Crippen LogP contribution is -2.18. The number of benzene rings is 1. The van der Waals surface area contributed by atoms with E-state index in [-0.39, 0.29) is 6.61 Å². The Kier molecular flexibility index (Phi) is 5.09. The van der Waals surface area contributed by atoms with Crippen molar-refractivity contribution in [3.63, 3.8) is 0 Å². The molecule has 0 amide bonds. The number of hydrogen-bond acceptors (Lipinski definition) is 4. The summed E-state index contributed by atoms with van der Waals surface area (Å²) >= 11 is 3.14. The van der Waals surface area contributed by atoms with Crippen LogP contribution >= 0.6 is 15.9 Å². The Labute approximate surface area is 103 Å². The Morgan fingerprint density at radius 3 is 2.81 bits per heavy atom. The van der Waals surface area contributed by atoms with Gasteiger partial charge in [-0.25, -0.2) is 0 Å². The van der Waals surface area contributed by atoms with E-state index >= 15 is 0 Å². The van der Waals surface area contributed by atoms with E-state index in [4.69, 9.17) is 14.7 Å². The zero-order chi connectivity index (χ0) is 12.0. The van der Waals surface area contributed by atoms with Crippen molar-refractivity contribution in [2.75, 3.05) is 19.0 Å². The molecule has 0 spiro atoms. The van der Waals surface area contributed by atoms with Crippen LogP contribution in [0.1, 0.15) is 5.56 Å². The molecule has 0 aliphatic rings. The molecule has 0 bridgehead atoms. The van der Waals surface area contributed by atoms with Gasteiger partial charge in [-0.05, 0) is 12.1 Å². The average Bonchev–Trinajstić information content (AvgIpc) is 2.35. The normalized spacial score (nSPS) is 11.6. The van der Waals surface area contributed by atoms with Crippen molar-refractivity contribution in [3.8, 4) is 17.6 Å². The van der Waals surface area contributed by atoms with E-state index in [0.29, 0.717) is 22.4 Å². The second kappa shape index (κ2) is 6.36. The third-order valence-electron chi connectivity index (χ3n) is 1.90. The molecule has 0 fully saturated rings. The minimum absolute atomic E-state index is 0.174. The molecule has 0 aromatic heterocycles. The molecule has 4 nitrogen and oxygen atoms in total. The molecule has 1 aromatic rings. The number of ether oxygens (including phenoxy) is 2. The number of alkyl halides is 1. The van der Waals surface area contributed by atoms with Crippen LogP contribution in [0.15, 0.2) is 18.2 Å². The minimum atomic E-state index is -0.569. The summed E-state index contributed by atoms with van der Waals surface area (Å²) in [5.41, 5.74) is 0.505. The summed E-state index contributed by atoms with van der Waals surface area (Å²) in [6.07, 6.45) is -0.569. The molecule has 1 unspecified atom stereocenters. The lowest BCUT2D eigenvalue weighted by molar-refractivity contribution is 0.125. The van der Waals surface area contributed by atoms with Crippen LogP contribution in [0.4, 0.5) is 0 Å². The smallest absolute Gasteiger partial charge is 0.162 e. The highest BCUT2D eigenvalue weighted by atomic mass is 79.9. The number of halogens is 1. The first-order chi connectivity index (χ1) is 7.71. The second-order valence-electron chi connectivity index (χ2n) is 3.10. The number of nitrogens with zero attached hydrogens (tertiary/aromatic N) is 1. The standard InChI is InChI=1S/C11H12BrNO3/c1-15-11-4-8(6-13)2-3-10(11)16-7-9(14)5-12/h2-4,9,14H,5,7H2,1H3. The summed E-state index contributed by atoms with van der Waals surface area (Å²) in [7, 11) is 1.50. The molecule has 0 heterocycles. The maximum absolute atomic E-state index is 9.32. The van der Waals surface area contributed by atoms with E-state index in [2.05, 4.69) is 15.9 Å². The van der Waals surface area contributed by atoms with Crippen LogP contribution in [-0.2, 0) is 0 Å². The van der Waals surface area contributed by atoms with Gasteiger partial charge in [0.05, 0.1) is 24.8 Å². The Bertz CT molecular complexity index is 389. The van der Waals surface area contributed by atoms with Crippen LogP contribution in [0.2, 0.25) is 0 Å². The van der Waals surface area contributed by atoms with E-state index in [1.165, 1.54) is 7.11 Å². The lowest BCUT2D eigenvalue weighted by Gasteiger charge is -2.12. The van der Waals surface area contributed by atoms with Gasteiger partial charge in [0.2, 0.25) is 0 Å². The molecule has 0 saturated heterocycles. The highest BCUT2D eigenvalue weighted by Crippen LogP contribution is 2.27. The quantitative estimate of drug-likeness (QED) is 0.837. The zero-order valence-electron chi connectivity index (χ0n) is 8.81. The first kappa shape index (κ1) is 12.8. The number of nitriles is 1. The van der Waals surface area contributed by atoms with Crippen molar-refractivity contribution >= 4 is 15.9 Å². The van der Waals surface area contributed by atoms with Gasteiger partial charge in [-0.2, -0.15) is 5.26 Å². The van der Waals surface area contributed by atoms with Gasteiger partial charge in [0, 0.05) is 11.4 Å². The van der Waals surface area contributed by atoms with Gasteiger partial charge >= 0.3 is 0 Å². The molecule has 1 aromatic carbocycles. The van der Waals surface area contributed by atoms with Crippen LogP contribution in [0.3, 0.4) is 0 Å². The van der Waals surface area contributed by atoms with E-state index in [1.807, 2.05) is 6.07 Å². The van der Waals surface area contributed by atoms with Gasteiger partial charge in [-0.3, -0.25) is 0 Å². The fourth-order valence-electron chi connectivity index (χ4n) is 1.09. The summed E-state index contributed by atoms with van der Waals surface area (Å²) in [6, 6.07) is 6.89. The van der Waals surface area contributed by atoms with Gasteiger partial charge in [0.1, 0.15) is 6.61 Å². The van der Waals surface area contributed by atoms with Crippen molar-refractivity contribution in [1.29, 1.82) is 5.26 Å². The number of rotatable bonds is 5. The number of aliphatic hydroxyl groups is 1. The Balaban J connectivity index is 2.76. The zero-order valence-corrected chi connectivity index (χ0v) is 10.4. The van der Waals surface area contributed by atoms with Crippen molar-refractivity contribution in [3.05, 3.63) is 23.8 Å². The Hall–Kier alpha value is -1.25. The van der Waals surface area contributed by atoms with E-state index in [0.717, 1.165) is 0 Å². The molecule has 1 atom stereocenters. The van der Waals surface area contributed by atoms with E-state index in [1.54, 1.807) is 18.2 Å². The predicted octanol–water partition coefficient (Wildman–Crippen LogP) is 1.70. The summed E-state index contributed by atoms with van der Waals surface area (Å²) in [5.74, 6) is 1.00. The molecular formula is C11H12BrNO3. The molecule has 5 heteroatoms. The van der Waals surface area contributed by atoms with Crippen molar-refractivity contribution in [1.82, 2.24) is 0 Å². The topological polar surface area (TPSA) is 62.5 Å². The minimum Gasteiger partial charge on any atom is -0.493 e. The number of hydrogen-bond donors (Lipinski definition) is 1. The van der Waals surface area contributed by atoms with Crippen LogP contribution in [-0.4, -0.2) is 30.3 Å². The molecule has 0 aliphatic carbocycles. The number of methoxy groups -OCH3 is 1. The summed E-state index contributed by atoms with van der Waals surface area (Å²) in [4.78, 5) is 0. The van der Waals surface area contributed by atoms with Crippen molar-refractivity contribution in [2.45, 2.75) is 6.10 Å². The SMILES string of the molecule is COc1cc(C#N)ccc1OCC(O)CBr. The monoisotopic (exact) mass is 285 g/mol. The lowest BCUT2D eigenvalue weighted by atomic mass is 10.2. The van der Waals surface area contributed by atoms with Crippen molar-refractivity contribution < 1.29 is 14.6 Å².